The number of nitrogens with zero attached hydrogens (tertiary/aromatic N) is 2. The molecule has 4 rings (SSSR count). The summed E-state index contributed by atoms with van der Waals surface area (Å²) < 4.78 is 0. The van der Waals surface area contributed by atoms with Gasteiger partial charge < -0.3 is 9.88 Å². The number of nitrogens with one attached hydrogen (secondary N) is 1. The van der Waals surface area contributed by atoms with Crippen LogP contribution in [0.4, 0.5) is 0 Å². The third kappa shape index (κ3) is 3.51. The Morgan fingerprint density at radius 1 is 1.04 bits per heavy atom. The van der Waals surface area contributed by atoms with Crippen molar-refractivity contribution >= 4 is 16.8 Å². The Hall–Kier alpha value is -2.59. The monoisotopic (exact) mass is 347 g/mol. The average Bonchev–Trinajstić information content (AvgIpc) is 3.16. The van der Waals surface area contributed by atoms with E-state index < -0.39 is 0 Å². The first-order chi connectivity index (χ1) is 12.7. The zero-order valence-electron chi connectivity index (χ0n) is 15.2. The van der Waals surface area contributed by atoms with Gasteiger partial charge in [-0.3, -0.25) is 9.69 Å². The number of H-pyrrole nitrogens is 1. The van der Waals surface area contributed by atoms with Gasteiger partial charge in [-0.05, 0) is 43.2 Å². The van der Waals surface area contributed by atoms with Gasteiger partial charge in [0, 0.05) is 54.9 Å². The van der Waals surface area contributed by atoms with Crippen molar-refractivity contribution in [3.63, 3.8) is 0 Å². The smallest absolute Gasteiger partial charge is 0.253 e. The molecule has 0 aliphatic carbocycles. The van der Waals surface area contributed by atoms with Gasteiger partial charge in [0.05, 0.1) is 0 Å². The van der Waals surface area contributed by atoms with Crippen LogP contribution in [0, 0.1) is 0 Å². The first-order valence-corrected chi connectivity index (χ1v) is 9.35. The molecule has 2 aromatic carbocycles. The number of carbonyl (C=O) groups is 1. The van der Waals surface area contributed by atoms with Crippen LogP contribution in [0.15, 0.2) is 60.8 Å². The summed E-state index contributed by atoms with van der Waals surface area (Å²) in [5.41, 5.74) is 3.22. The Balaban J connectivity index is 1.36. The summed E-state index contributed by atoms with van der Waals surface area (Å²) in [6, 6.07) is 19.0. The van der Waals surface area contributed by atoms with E-state index >= 15 is 0 Å². The second-order valence-electron chi connectivity index (χ2n) is 7.15. The van der Waals surface area contributed by atoms with Gasteiger partial charge in [-0.25, -0.2) is 0 Å². The maximum atomic E-state index is 12.8. The Morgan fingerprint density at radius 2 is 1.81 bits per heavy atom. The summed E-state index contributed by atoms with van der Waals surface area (Å²) in [6.07, 6.45) is 2.96. The minimum atomic E-state index is 0.142. The highest BCUT2D eigenvalue weighted by atomic mass is 16.2. The first kappa shape index (κ1) is 16.9. The minimum Gasteiger partial charge on any atom is -0.361 e. The Kier molecular flexibility index (Phi) is 4.76. The van der Waals surface area contributed by atoms with E-state index in [0.717, 1.165) is 49.1 Å². The number of carbonyl (C=O) groups excluding carboxylic acids is 1. The highest BCUT2D eigenvalue weighted by Gasteiger charge is 2.25. The zero-order valence-corrected chi connectivity index (χ0v) is 15.2. The van der Waals surface area contributed by atoms with E-state index in [1.165, 1.54) is 5.56 Å². The second kappa shape index (κ2) is 7.34. The molecule has 1 aliphatic heterocycles. The molecule has 4 nitrogen and oxygen atoms in total. The zero-order chi connectivity index (χ0) is 17.9. The summed E-state index contributed by atoms with van der Waals surface area (Å²) in [4.78, 5) is 20.5. The summed E-state index contributed by atoms with van der Waals surface area (Å²) >= 11 is 0. The van der Waals surface area contributed by atoms with Gasteiger partial charge in [-0.1, -0.05) is 30.3 Å². The van der Waals surface area contributed by atoms with Crippen molar-refractivity contribution in [2.75, 3.05) is 26.2 Å². The van der Waals surface area contributed by atoms with E-state index in [1.807, 2.05) is 35.4 Å². The lowest BCUT2D eigenvalue weighted by Gasteiger charge is -2.38. The molecule has 1 N–H and O–H groups in total. The van der Waals surface area contributed by atoms with Gasteiger partial charge >= 0.3 is 0 Å². The number of benzene rings is 2. The second-order valence-corrected chi connectivity index (χ2v) is 7.15. The van der Waals surface area contributed by atoms with Gasteiger partial charge in [0.1, 0.15) is 0 Å². The normalized spacial score (nSPS) is 16.7. The molecule has 1 aromatic heterocycles. The molecule has 0 saturated carbocycles. The standard InChI is InChI=1S/C22H25N3O/c1-17(15-18-5-3-2-4-6-18)24-11-13-25(14-12-24)22(26)20-7-8-21-19(16-20)9-10-23-21/h2-10,16-17,23H,11-15H2,1H3. The van der Waals surface area contributed by atoms with Crippen LogP contribution in [0.2, 0.25) is 0 Å². The number of aromatic amines is 1. The summed E-state index contributed by atoms with van der Waals surface area (Å²) in [7, 11) is 0. The quantitative estimate of drug-likeness (QED) is 0.784. The van der Waals surface area contributed by atoms with Crippen molar-refractivity contribution in [1.82, 2.24) is 14.8 Å². The molecule has 1 aliphatic rings. The van der Waals surface area contributed by atoms with Crippen LogP contribution in [-0.4, -0.2) is 52.9 Å². The van der Waals surface area contributed by atoms with Crippen molar-refractivity contribution in [3.05, 3.63) is 71.9 Å². The third-order valence-electron chi connectivity index (χ3n) is 5.40. The SMILES string of the molecule is CC(Cc1ccccc1)N1CCN(C(=O)c2ccc3[nH]ccc3c2)CC1. The molecular formula is C22H25N3O. The van der Waals surface area contributed by atoms with Crippen LogP contribution in [0.3, 0.4) is 0 Å². The third-order valence-corrected chi connectivity index (χ3v) is 5.40. The van der Waals surface area contributed by atoms with E-state index in [2.05, 4.69) is 47.1 Å². The number of hydrogen-bond donors (Lipinski definition) is 1. The molecule has 134 valence electrons. The van der Waals surface area contributed by atoms with Gasteiger partial charge in [0.2, 0.25) is 0 Å². The minimum absolute atomic E-state index is 0.142. The number of fused-ring (bicyclic) bond motifs is 1. The fourth-order valence-corrected chi connectivity index (χ4v) is 3.82. The van der Waals surface area contributed by atoms with E-state index in [1.54, 1.807) is 0 Å². The maximum absolute atomic E-state index is 12.8. The maximum Gasteiger partial charge on any atom is 0.253 e. The first-order valence-electron chi connectivity index (χ1n) is 9.35. The predicted molar refractivity (Wildman–Crippen MR) is 105 cm³/mol. The number of hydrogen-bond acceptors (Lipinski definition) is 2. The van der Waals surface area contributed by atoms with Gasteiger partial charge in [-0.2, -0.15) is 0 Å². The Bertz CT molecular complexity index is 879. The van der Waals surface area contributed by atoms with E-state index in [0.29, 0.717) is 6.04 Å². The van der Waals surface area contributed by atoms with Crippen LogP contribution in [-0.2, 0) is 6.42 Å². The fraction of sp³-hybridized carbons (Fsp3) is 0.318. The van der Waals surface area contributed by atoms with E-state index in [-0.39, 0.29) is 5.91 Å². The van der Waals surface area contributed by atoms with Crippen LogP contribution < -0.4 is 0 Å². The van der Waals surface area contributed by atoms with Crippen molar-refractivity contribution in [1.29, 1.82) is 0 Å². The average molecular weight is 347 g/mol. The van der Waals surface area contributed by atoms with Crippen molar-refractivity contribution in [2.24, 2.45) is 0 Å². The fourth-order valence-electron chi connectivity index (χ4n) is 3.82. The molecule has 26 heavy (non-hydrogen) atoms. The number of piperazine rings is 1. The van der Waals surface area contributed by atoms with Crippen molar-refractivity contribution in [2.45, 2.75) is 19.4 Å². The van der Waals surface area contributed by atoms with E-state index in [9.17, 15) is 4.79 Å². The molecular weight excluding hydrogens is 322 g/mol. The molecule has 1 atom stereocenters. The van der Waals surface area contributed by atoms with Crippen LogP contribution in [0.1, 0.15) is 22.8 Å². The molecule has 0 spiro atoms. The molecule has 1 unspecified atom stereocenters. The number of aromatic nitrogens is 1. The molecule has 0 bridgehead atoms. The summed E-state index contributed by atoms with van der Waals surface area (Å²) in [6.45, 7) is 5.74. The number of amides is 1. The number of rotatable bonds is 4. The molecule has 2 heterocycles. The van der Waals surface area contributed by atoms with Crippen molar-refractivity contribution in [3.8, 4) is 0 Å². The molecule has 3 aromatic rings. The van der Waals surface area contributed by atoms with Crippen LogP contribution in [0.5, 0.6) is 0 Å². The highest BCUT2D eigenvalue weighted by Crippen LogP contribution is 2.18. The Morgan fingerprint density at radius 3 is 2.58 bits per heavy atom. The highest BCUT2D eigenvalue weighted by molar-refractivity contribution is 5.98. The van der Waals surface area contributed by atoms with Crippen LogP contribution in [0.25, 0.3) is 10.9 Å². The lowest BCUT2D eigenvalue weighted by molar-refractivity contribution is 0.0583. The molecule has 1 fully saturated rings. The molecule has 1 saturated heterocycles. The van der Waals surface area contributed by atoms with E-state index in [4.69, 9.17) is 0 Å². The molecule has 0 radical (unpaired) electrons. The molecule has 4 heteroatoms. The summed E-state index contributed by atoms with van der Waals surface area (Å²) in [5.74, 6) is 0.142. The van der Waals surface area contributed by atoms with Crippen molar-refractivity contribution < 1.29 is 4.79 Å². The lowest BCUT2D eigenvalue weighted by atomic mass is 10.1. The lowest BCUT2D eigenvalue weighted by Crippen LogP contribution is -2.51. The van der Waals surface area contributed by atoms with Gasteiger partial charge in [0.15, 0.2) is 0 Å². The van der Waals surface area contributed by atoms with Gasteiger partial charge in [-0.15, -0.1) is 0 Å². The summed E-state index contributed by atoms with van der Waals surface area (Å²) in [5, 5.41) is 1.09. The predicted octanol–water partition coefficient (Wildman–Crippen LogP) is 3.56. The van der Waals surface area contributed by atoms with Crippen LogP contribution >= 0.6 is 0 Å². The van der Waals surface area contributed by atoms with Gasteiger partial charge in [0.25, 0.3) is 5.91 Å². The Labute approximate surface area is 154 Å². The largest absolute Gasteiger partial charge is 0.361 e. The molecule has 1 amide bonds. The topological polar surface area (TPSA) is 39.3 Å².